The Morgan fingerprint density at radius 2 is 1.86 bits per heavy atom. The van der Waals surface area contributed by atoms with E-state index in [1.54, 1.807) is 12.1 Å². The molecule has 1 rings (SSSR count). The van der Waals surface area contributed by atoms with Crippen molar-refractivity contribution in [1.29, 1.82) is 0 Å². The van der Waals surface area contributed by atoms with Gasteiger partial charge in [-0.15, -0.1) is 0 Å². The molecule has 0 saturated heterocycles. The van der Waals surface area contributed by atoms with Gasteiger partial charge in [0.2, 0.25) is 8.03 Å². The van der Waals surface area contributed by atoms with E-state index in [4.69, 9.17) is 4.89 Å². The third-order valence-corrected chi connectivity index (χ3v) is 3.12. The van der Waals surface area contributed by atoms with Crippen LogP contribution in [-0.2, 0) is 4.57 Å². The Hall–Kier alpha value is -0.790. The molecular weight excluding hydrogens is 197 g/mol. The normalized spacial score (nSPS) is 12.5. The van der Waals surface area contributed by atoms with Crippen molar-refractivity contribution in [2.45, 2.75) is 13.8 Å². The molecule has 3 nitrogen and oxygen atoms in total. The topological polar surface area (TPSA) is 40.5 Å². The van der Waals surface area contributed by atoms with Gasteiger partial charge in [-0.1, -0.05) is 12.1 Å². The van der Waals surface area contributed by atoms with Gasteiger partial charge in [-0.05, 0) is 26.0 Å². The summed E-state index contributed by atoms with van der Waals surface area (Å²) in [5.41, 5.74) is 0.879. The smallest absolute Gasteiger partial charge is 0.220 e. The maximum atomic E-state index is 11.1. The van der Waals surface area contributed by atoms with Crippen molar-refractivity contribution in [3.05, 3.63) is 24.3 Å². The number of hydrogen-bond donors (Lipinski definition) is 1. The summed E-state index contributed by atoms with van der Waals surface area (Å²) in [6.45, 7) is 5.77. The second kappa shape index (κ2) is 5.18. The molecule has 0 aromatic heterocycles. The Morgan fingerprint density at radius 1 is 1.29 bits per heavy atom. The summed E-state index contributed by atoms with van der Waals surface area (Å²) in [6, 6.07) is 7.29. The predicted octanol–water partition coefficient (Wildman–Crippen LogP) is 1.63. The van der Waals surface area contributed by atoms with Crippen LogP contribution in [-0.4, -0.2) is 18.0 Å². The summed E-state index contributed by atoms with van der Waals surface area (Å²) in [5, 5.41) is 0.557. The van der Waals surface area contributed by atoms with Gasteiger partial charge in [0.05, 0.1) is 5.30 Å². The van der Waals surface area contributed by atoms with Crippen LogP contribution in [0.4, 0.5) is 5.69 Å². The van der Waals surface area contributed by atoms with E-state index in [-0.39, 0.29) is 0 Å². The molecule has 4 heteroatoms. The van der Waals surface area contributed by atoms with E-state index < -0.39 is 8.03 Å². The number of hydrogen-bond acceptors (Lipinski definition) is 2. The van der Waals surface area contributed by atoms with Gasteiger partial charge in [-0.2, -0.15) is 0 Å². The average Bonchev–Trinajstić information content (AvgIpc) is 2.20. The largest absolute Gasteiger partial charge is 0.371 e. The number of rotatable bonds is 4. The highest BCUT2D eigenvalue weighted by Crippen LogP contribution is 2.22. The molecule has 14 heavy (non-hydrogen) atoms. The SMILES string of the molecule is CCN(CC)c1ccccc1[PH](=O)O. The van der Waals surface area contributed by atoms with E-state index in [0.717, 1.165) is 18.8 Å². The maximum Gasteiger partial charge on any atom is 0.220 e. The Labute approximate surface area is 85.2 Å². The molecule has 1 unspecified atom stereocenters. The molecule has 1 N–H and O–H groups in total. The van der Waals surface area contributed by atoms with Crippen molar-refractivity contribution in [3.8, 4) is 0 Å². The summed E-state index contributed by atoms with van der Waals surface area (Å²) in [7, 11) is -2.60. The van der Waals surface area contributed by atoms with Crippen LogP contribution in [0, 0.1) is 0 Å². The Bertz CT molecular complexity index is 324. The molecule has 0 fully saturated rings. The van der Waals surface area contributed by atoms with Crippen LogP contribution in [0.1, 0.15) is 13.8 Å². The fourth-order valence-corrected chi connectivity index (χ4v) is 2.19. The summed E-state index contributed by atoms with van der Waals surface area (Å²) in [6.07, 6.45) is 0. The quantitative estimate of drug-likeness (QED) is 0.773. The van der Waals surface area contributed by atoms with Crippen LogP contribution in [0.25, 0.3) is 0 Å². The van der Waals surface area contributed by atoms with E-state index in [1.165, 1.54) is 0 Å². The van der Waals surface area contributed by atoms with Gasteiger partial charge in [0, 0.05) is 18.8 Å². The van der Waals surface area contributed by atoms with Gasteiger partial charge < -0.3 is 9.79 Å². The highest BCUT2D eigenvalue weighted by molar-refractivity contribution is 7.47. The third kappa shape index (κ3) is 2.37. The first-order valence-electron chi connectivity index (χ1n) is 4.78. The third-order valence-electron chi connectivity index (χ3n) is 2.24. The minimum absolute atomic E-state index is 0.557. The minimum Gasteiger partial charge on any atom is -0.371 e. The van der Waals surface area contributed by atoms with E-state index in [1.807, 2.05) is 26.0 Å². The van der Waals surface area contributed by atoms with Crippen molar-refractivity contribution in [2.24, 2.45) is 0 Å². The molecule has 0 amide bonds. The lowest BCUT2D eigenvalue weighted by Crippen LogP contribution is -2.26. The van der Waals surface area contributed by atoms with Crippen LogP contribution >= 0.6 is 8.03 Å². The van der Waals surface area contributed by atoms with Crippen molar-refractivity contribution < 1.29 is 9.46 Å². The van der Waals surface area contributed by atoms with Crippen LogP contribution in [0.5, 0.6) is 0 Å². The molecule has 0 radical (unpaired) electrons. The molecule has 0 heterocycles. The molecule has 1 atom stereocenters. The van der Waals surface area contributed by atoms with Crippen molar-refractivity contribution in [1.82, 2.24) is 0 Å². The lowest BCUT2D eigenvalue weighted by Gasteiger charge is -2.22. The summed E-state index contributed by atoms with van der Waals surface area (Å²) >= 11 is 0. The Morgan fingerprint density at radius 3 is 2.36 bits per heavy atom. The fraction of sp³-hybridized carbons (Fsp3) is 0.400. The van der Waals surface area contributed by atoms with Crippen molar-refractivity contribution in [3.63, 3.8) is 0 Å². The highest BCUT2D eigenvalue weighted by atomic mass is 31.1. The van der Waals surface area contributed by atoms with Gasteiger partial charge in [0.15, 0.2) is 0 Å². The number of para-hydroxylation sites is 1. The zero-order valence-electron chi connectivity index (χ0n) is 8.53. The summed E-state index contributed by atoms with van der Waals surface area (Å²) < 4.78 is 11.1. The van der Waals surface area contributed by atoms with Crippen molar-refractivity contribution in [2.75, 3.05) is 18.0 Å². The van der Waals surface area contributed by atoms with E-state index in [9.17, 15) is 4.57 Å². The molecule has 0 spiro atoms. The molecular formula is C10H16NO2P. The molecule has 1 aromatic rings. The second-order valence-corrected chi connectivity index (χ2v) is 4.14. The molecule has 78 valence electrons. The fourth-order valence-electron chi connectivity index (χ4n) is 1.49. The number of benzene rings is 1. The van der Waals surface area contributed by atoms with Gasteiger partial charge in [0.25, 0.3) is 0 Å². The first-order valence-corrected chi connectivity index (χ1v) is 6.13. The first-order chi connectivity index (χ1) is 6.70. The van der Waals surface area contributed by atoms with Crippen LogP contribution < -0.4 is 10.2 Å². The number of anilines is 1. The minimum atomic E-state index is -2.60. The first kappa shape index (κ1) is 11.3. The summed E-state index contributed by atoms with van der Waals surface area (Å²) in [4.78, 5) is 11.2. The van der Waals surface area contributed by atoms with Gasteiger partial charge in [0.1, 0.15) is 0 Å². The monoisotopic (exact) mass is 213 g/mol. The maximum absolute atomic E-state index is 11.1. The Kier molecular flexibility index (Phi) is 4.18. The van der Waals surface area contributed by atoms with E-state index >= 15 is 0 Å². The molecule has 0 aliphatic rings. The molecule has 1 aromatic carbocycles. The Balaban J connectivity index is 3.11. The number of nitrogens with zero attached hydrogens (tertiary/aromatic N) is 1. The molecule has 0 bridgehead atoms. The lowest BCUT2D eigenvalue weighted by molar-refractivity contribution is 0.513. The predicted molar refractivity (Wildman–Crippen MR) is 60.9 cm³/mol. The standard InChI is InChI=1S/C10H16NO2P/c1-3-11(4-2)9-7-5-6-8-10(9)14(12)13/h5-8,14H,3-4H2,1-2H3,(H,12,13). The van der Waals surface area contributed by atoms with E-state index in [2.05, 4.69) is 4.90 Å². The van der Waals surface area contributed by atoms with Crippen LogP contribution in [0.3, 0.4) is 0 Å². The van der Waals surface area contributed by atoms with Crippen LogP contribution in [0.15, 0.2) is 24.3 Å². The van der Waals surface area contributed by atoms with Gasteiger partial charge in [-0.25, -0.2) is 0 Å². The zero-order chi connectivity index (χ0) is 10.6. The van der Waals surface area contributed by atoms with Crippen LogP contribution in [0.2, 0.25) is 0 Å². The van der Waals surface area contributed by atoms with E-state index in [0.29, 0.717) is 5.30 Å². The second-order valence-electron chi connectivity index (χ2n) is 2.99. The highest BCUT2D eigenvalue weighted by Gasteiger charge is 2.10. The lowest BCUT2D eigenvalue weighted by atomic mass is 10.3. The molecule has 0 saturated carbocycles. The summed E-state index contributed by atoms with van der Waals surface area (Å²) in [5.74, 6) is 0. The van der Waals surface area contributed by atoms with Gasteiger partial charge in [-0.3, -0.25) is 4.57 Å². The molecule has 0 aliphatic carbocycles. The van der Waals surface area contributed by atoms with Crippen molar-refractivity contribution >= 4 is 19.0 Å². The zero-order valence-corrected chi connectivity index (χ0v) is 9.53. The molecule has 0 aliphatic heterocycles. The average molecular weight is 213 g/mol. The van der Waals surface area contributed by atoms with Gasteiger partial charge >= 0.3 is 0 Å².